The fourth-order valence-electron chi connectivity index (χ4n) is 0.824. The number of hydrogen-bond acceptors (Lipinski definition) is 3. The molecule has 0 aromatic carbocycles. The van der Waals surface area contributed by atoms with E-state index in [0.29, 0.717) is 12.2 Å². The van der Waals surface area contributed by atoms with Crippen LogP contribution in [0.4, 0.5) is 0 Å². The Kier molecular flexibility index (Phi) is 6.65. The van der Waals surface area contributed by atoms with E-state index in [1.165, 1.54) is 12.2 Å². The molecule has 0 aromatic heterocycles. The molecule has 90 valence electrons. The van der Waals surface area contributed by atoms with Crippen molar-refractivity contribution in [2.75, 3.05) is 6.61 Å². The molecule has 0 aromatic rings. The lowest BCUT2D eigenvalue weighted by Crippen LogP contribution is -2.22. The lowest BCUT2D eigenvalue weighted by atomic mass is 10.3. The number of carbonyl (C=O) groups excluding carboxylic acids is 2. The monoisotopic (exact) mass is 240 g/mol. The van der Waals surface area contributed by atoms with Crippen molar-refractivity contribution < 1.29 is 14.3 Å². The summed E-state index contributed by atoms with van der Waals surface area (Å²) in [6, 6.07) is 0.968. The van der Waals surface area contributed by atoms with Gasteiger partial charge in [-0.3, -0.25) is 4.79 Å². The fourth-order valence-corrected chi connectivity index (χ4v) is 1.54. The second-order valence-electron chi connectivity index (χ2n) is 4.87. The zero-order valence-electron chi connectivity index (χ0n) is 10.4. The molecule has 0 fully saturated rings. The Morgan fingerprint density at radius 2 is 1.94 bits per heavy atom. The maximum absolute atomic E-state index is 11.2. The predicted molar refractivity (Wildman–Crippen MR) is 68.1 cm³/mol. The normalized spacial score (nSPS) is 12.9. The quantitative estimate of drug-likeness (QED) is 0.236. The van der Waals surface area contributed by atoms with Gasteiger partial charge in [0.2, 0.25) is 0 Å². The molecule has 0 unspecified atom stereocenters. The van der Waals surface area contributed by atoms with Gasteiger partial charge in [0.1, 0.15) is 6.29 Å². The Morgan fingerprint density at radius 1 is 1.31 bits per heavy atom. The lowest BCUT2D eigenvalue weighted by molar-refractivity contribution is -0.137. The van der Waals surface area contributed by atoms with Gasteiger partial charge < -0.3 is 4.74 Å². The molecule has 3 nitrogen and oxygen atoms in total. The minimum Gasteiger partial charge on any atom is -0.463 e. The molecule has 0 saturated carbocycles. The number of hydrogen-bond donors (Lipinski definition) is 0. The number of ether oxygens (including phenoxy) is 1. The summed E-state index contributed by atoms with van der Waals surface area (Å²) in [4.78, 5) is 21.4. The first-order valence-electron chi connectivity index (χ1n) is 5.32. The van der Waals surface area contributed by atoms with Gasteiger partial charge in [-0.1, -0.05) is 31.8 Å². The van der Waals surface area contributed by atoms with Crippen molar-refractivity contribution in [3.05, 3.63) is 23.8 Å². The van der Waals surface area contributed by atoms with Gasteiger partial charge >= 0.3 is 5.97 Å². The molecular formula is C12H20O3Si. The van der Waals surface area contributed by atoms with E-state index >= 15 is 0 Å². The van der Waals surface area contributed by atoms with Crippen molar-refractivity contribution in [2.45, 2.75) is 32.6 Å². The molecule has 0 aliphatic carbocycles. The van der Waals surface area contributed by atoms with Crippen molar-refractivity contribution in [1.29, 1.82) is 0 Å². The van der Waals surface area contributed by atoms with Gasteiger partial charge in [-0.25, -0.2) is 4.79 Å². The zero-order chi connectivity index (χ0) is 12.6. The van der Waals surface area contributed by atoms with Crippen molar-refractivity contribution in [2.24, 2.45) is 0 Å². The topological polar surface area (TPSA) is 43.4 Å². The van der Waals surface area contributed by atoms with Gasteiger partial charge in [0.15, 0.2) is 0 Å². The van der Waals surface area contributed by atoms with Gasteiger partial charge in [-0.15, -0.1) is 0 Å². The predicted octanol–water partition coefficient (Wildman–Crippen LogP) is 2.57. The number of aldehydes is 1. The van der Waals surface area contributed by atoms with Crippen molar-refractivity contribution in [3.8, 4) is 0 Å². The molecule has 0 saturated heterocycles. The number of allylic oxidation sites excluding steroid dienone is 3. The summed E-state index contributed by atoms with van der Waals surface area (Å²) in [5.74, 6) is -0.354. The Hall–Kier alpha value is -1.16. The van der Waals surface area contributed by atoms with Gasteiger partial charge in [0.05, 0.1) is 6.61 Å². The van der Waals surface area contributed by atoms with Crippen molar-refractivity contribution in [1.82, 2.24) is 0 Å². The summed E-state index contributed by atoms with van der Waals surface area (Å²) >= 11 is 0. The van der Waals surface area contributed by atoms with Crippen molar-refractivity contribution >= 4 is 20.3 Å². The maximum atomic E-state index is 11.2. The van der Waals surface area contributed by atoms with Crippen LogP contribution in [0.25, 0.3) is 0 Å². The van der Waals surface area contributed by atoms with Gasteiger partial charge in [0, 0.05) is 14.1 Å². The lowest BCUT2D eigenvalue weighted by Gasteiger charge is -2.14. The van der Waals surface area contributed by atoms with Crippen LogP contribution in [-0.4, -0.2) is 26.9 Å². The van der Waals surface area contributed by atoms with Crippen LogP contribution in [0.5, 0.6) is 0 Å². The van der Waals surface area contributed by atoms with Crippen LogP contribution >= 0.6 is 0 Å². The van der Waals surface area contributed by atoms with Crippen LogP contribution in [-0.2, 0) is 14.3 Å². The highest BCUT2D eigenvalue weighted by Gasteiger charge is 2.12. The largest absolute Gasteiger partial charge is 0.463 e. The first kappa shape index (κ1) is 14.8. The number of rotatable bonds is 6. The second kappa shape index (κ2) is 7.17. The highest BCUT2D eigenvalue weighted by molar-refractivity contribution is 6.76. The van der Waals surface area contributed by atoms with E-state index in [9.17, 15) is 9.59 Å². The van der Waals surface area contributed by atoms with E-state index < -0.39 is 8.07 Å². The van der Waals surface area contributed by atoms with Crippen molar-refractivity contribution in [3.63, 3.8) is 0 Å². The molecule has 0 N–H and O–H groups in total. The van der Waals surface area contributed by atoms with Gasteiger partial charge in [-0.05, 0) is 18.5 Å². The molecule has 0 atom stereocenters. The highest BCUT2D eigenvalue weighted by Crippen LogP contribution is 2.07. The Bertz CT molecular complexity index is 298. The molecule has 0 aliphatic rings. The van der Waals surface area contributed by atoms with Crippen LogP contribution in [0.2, 0.25) is 25.7 Å². The molecule has 0 radical (unpaired) electrons. The molecular weight excluding hydrogens is 220 g/mol. The minimum absolute atomic E-state index is 0.354. The number of carbonyl (C=O) groups is 2. The third-order valence-electron chi connectivity index (χ3n) is 1.87. The van der Waals surface area contributed by atoms with Crippen LogP contribution in [0.3, 0.4) is 0 Å². The molecule has 0 spiro atoms. The summed E-state index contributed by atoms with van der Waals surface area (Å²) < 4.78 is 5.02. The molecule has 0 bridgehead atoms. The molecule has 16 heavy (non-hydrogen) atoms. The van der Waals surface area contributed by atoms with Gasteiger partial charge in [-0.2, -0.15) is 0 Å². The summed E-state index contributed by atoms with van der Waals surface area (Å²) in [5.41, 5.74) is 0.575. The van der Waals surface area contributed by atoms with E-state index in [0.717, 1.165) is 12.3 Å². The van der Waals surface area contributed by atoms with E-state index in [1.807, 2.05) is 0 Å². The molecule has 0 rings (SSSR count). The highest BCUT2D eigenvalue weighted by atomic mass is 28.3. The second-order valence-corrected chi connectivity index (χ2v) is 10.5. The van der Waals surface area contributed by atoms with E-state index in [4.69, 9.17) is 4.74 Å². The maximum Gasteiger partial charge on any atom is 0.330 e. The van der Waals surface area contributed by atoms with E-state index in [1.54, 1.807) is 13.0 Å². The smallest absolute Gasteiger partial charge is 0.330 e. The average Bonchev–Trinajstić information content (AvgIpc) is 2.15. The van der Waals surface area contributed by atoms with Gasteiger partial charge in [0.25, 0.3) is 0 Å². The molecule has 0 aliphatic heterocycles. The molecule has 0 amide bonds. The van der Waals surface area contributed by atoms with Crippen LogP contribution < -0.4 is 0 Å². The molecule has 4 heteroatoms. The molecule has 0 heterocycles. The zero-order valence-corrected chi connectivity index (χ0v) is 11.4. The Morgan fingerprint density at radius 3 is 2.44 bits per heavy atom. The third-order valence-corrected chi connectivity index (χ3v) is 3.58. The van der Waals surface area contributed by atoms with E-state index in [2.05, 4.69) is 19.6 Å². The first-order valence-corrected chi connectivity index (χ1v) is 9.03. The third kappa shape index (κ3) is 9.39. The summed E-state index contributed by atoms with van der Waals surface area (Å²) in [6.45, 7) is 8.84. The van der Waals surface area contributed by atoms with Crippen LogP contribution in [0, 0.1) is 0 Å². The average molecular weight is 240 g/mol. The minimum atomic E-state index is -1.14. The summed E-state index contributed by atoms with van der Waals surface area (Å²) in [7, 11) is -1.14. The summed E-state index contributed by atoms with van der Waals surface area (Å²) in [6.07, 6.45) is 5.17. The van der Waals surface area contributed by atoms with Crippen LogP contribution in [0.15, 0.2) is 23.8 Å². The SMILES string of the molecule is C/C(C=O)=C/C=C/C(=O)OCC[Si](C)(C)C. The Balaban J connectivity index is 3.88. The van der Waals surface area contributed by atoms with Crippen LogP contribution in [0.1, 0.15) is 6.92 Å². The standard InChI is InChI=1S/C12H20O3Si/c1-11(10-13)6-5-7-12(14)15-8-9-16(2,3)4/h5-7,10H,8-9H2,1-4H3/b7-5+,11-6-. The summed E-state index contributed by atoms with van der Waals surface area (Å²) in [5, 5.41) is 0. The first-order chi connectivity index (χ1) is 7.35. The van der Waals surface area contributed by atoms with E-state index in [-0.39, 0.29) is 5.97 Å². The number of esters is 1. The Labute approximate surface area is 98.2 Å². The fraction of sp³-hybridized carbons (Fsp3) is 0.500.